The fourth-order valence-corrected chi connectivity index (χ4v) is 4.94. The van der Waals surface area contributed by atoms with E-state index < -0.39 is 0 Å². The van der Waals surface area contributed by atoms with Crippen molar-refractivity contribution in [1.29, 1.82) is 0 Å². The molecule has 34 heavy (non-hydrogen) atoms. The molecule has 1 aliphatic carbocycles. The molecule has 0 saturated heterocycles. The summed E-state index contributed by atoms with van der Waals surface area (Å²) in [5.74, 6) is 1.89. The number of benzene rings is 3. The zero-order chi connectivity index (χ0) is 23.5. The van der Waals surface area contributed by atoms with Crippen LogP contribution in [-0.2, 0) is 4.79 Å². The number of nitrogens with one attached hydrogen (secondary N) is 2. The number of para-hydroxylation sites is 3. The van der Waals surface area contributed by atoms with E-state index in [1.807, 2.05) is 48.5 Å². The zero-order valence-electron chi connectivity index (χ0n) is 19.6. The van der Waals surface area contributed by atoms with Gasteiger partial charge in [-0.3, -0.25) is 4.79 Å². The zero-order valence-corrected chi connectivity index (χ0v) is 19.6. The van der Waals surface area contributed by atoms with Crippen molar-refractivity contribution in [1.82, 2.24) is 0 Å². The van der Waals surface area contributed by atoms with Gasteiger partial charge in [0.15, 0.2) is 5.78 Å². The van der Waals surface area contributed by atoms with Gasteiger partial charge < -0.3 is 20.1 Å². The molecule has 0 radical (unpaired) electrons. The van der Waals surface area contributed by atoms with E-state index in [9.17, 15) is 4.79 Å². The molecule has 3 aromatic rings. The van der Waals surface area contributed by atoms with Gasteiger partial charge in [0.2, 0.25) is 0 Å². The minimum atomic E-state index is -0.238. The van der Waals surface area contributed by atoms with Crippen LogP contribution in [-0.4, -0.2) is 19.5 Å². The summed E-state index contributed by atoms with van der Waals surface area (Å²) < 4.78 is 11.4. The number of anilines is 2. The van der Waals surface area contributed by atoms with Crippen LogP contribution in [0.3, 0.4) is 0 Å². The van der Waals surface area contributed by atoms with Crippen molar-refractivity contribution in [2.24, 2.45) is 0 Å². The summed E-state index contributed by atoms with van der Waals surface area (Å²) in [7, 11) is 1.68. The largest absolute Gasteiger partial charge is 0.496 e. The molecule has 5 heteroatoms. The number of carbonyl (C=O) groups excluding carboxylic acids is 1. The first-order valence-corrected chi connectivity index (χ1v) is 11.9. The van der Waals surface area contributed by atoms with Crippen LogP contribution in [0.1, 0.15) is 49.3 Å². The average molecular weight is 455 g/mol. The lowest BCUT2D eigenvalue weighted by molar-refractivity contribution is -0.116. The van der Waals surface area contributed by atoms with Crippen molar-refractivity contribution in [3.05, 3.63) is 95.2 Å². The Hall–Kier alpha value is -3.73. The van der Waals surface area contributed by atoms with Crippen LogP contribution in [0.25, 0.3) is 0 Å². The molecule has 0 aromatic heterocycles. The molecule has 0 bridgehead atoms. The summed E-state index contributed by atoms with van der Waals surface area (Å²) in [6.45, 7) is 2.78. The van der Waals surface area contributed by atoms with Crippen LogP contribution in [0.15, 0.2) is 84.1 Å². The summed E-state index contributed by atoms with van der Waals surface area (Å²) in [5, 5.41) is 7.24. The quantitative estimate of drug-likeness (QED) is 0.447. The highest BCUT2D eigenvalue weighted by Gasteiger charge is 2.36. The summed E-state index contributed by atoms with van der Waals surface area (Å²) in [6, 6.07) is 24.0. The lowest BCUT2D eigenvalue weighted by Gasteiger charge is -2.30. The molecule has 0 fully saturated rings. The second-order valence-corrected chi connectivity index (χ2v) is 8.83. The SMILES string of the molecule is CCCOc1ccc(C2Nc3ccccc3NC3=C2C(=O)CC(c2ccccc2OC)C3)cc1. The minimum absolute atomic E-state index is 0.0608. The summed E-state index contributed by atoms with van der Waals surface area (Å²) >= 11 is 0. The third kappa shape index (κ3) is 4.26. The molecule has 0 saturated carbocycles. The molecule has 5 nitrogen and oxygen atoms in total. The van der Waals surface area contributed by atoms with E-state index in [0.29, 0.717) is 13.0 Å². The average Bonchev–Trinajstić information content (AvgIpc) is 3.04. The number of hydrogen-bond donors (Lipinski definition) is 2. The predicted octanol–water partition coefficient (Wildman–Crippen LogP) is 6.46. The van der Waals surface area contributed by atoms with Crippen molar-refractivity contribution in [2.75, 3.05) is 24.4 Å². The van der Waals surface area contributed by atoms with Crippen molar-refractivity contribution >= 4 is 17.2 Å². The van der Waals surface area contributed by atoms with Gasteiger partial charge in [-0.25, -0.2) is 0 Å². The van der Waals surface area contributed by atoms with Crippen LogP contribution in [0.4, 0.5) is 11.4 Å². The second kappa shape index (κ2) is 9.64. The van der Waals surface area contributed by atoms with Crippen molar-refractivity contribution < 1.29 is 14.3 Å². The molecule has 2 unspecified atom stereocenters. The maximum absolute atomic E-state index is 13.7. The first-order valence-electron chi connectivity index (χ1n) is 11.9. The Balaban J connectivity index is 1.55. The molecular formula is C29H30N2O3. The molecule has 174 valence electrons. The maximum Gasteiger partial charge on any atom is 0.163 e. The Morgan fingerprint density at radius 3 is 2.41 bits per heavy atom. The molecule has 3 aromatic carbocycles. The molecular weight excluding hydrogens is 424 g/mol. The molecule has 1 aliphatic heterocycles. The number of hydrogen-bond acceptors (Lipinski definition) is 5. The van der Waals surface area contributed by atoms with E-state index in [1.165, 1.54) is 0 Å². The van der Waals surface area contributed by atoms with Gasteiger partial charge in [-0.05, 0) is 54.3 Å². The standard InChI is InChI=1S/C29H30N2O3/c1-3-16-34-21-14-12-19(13-15-21)29-28-25(30-23-9-5-6-10-24(23)31-29)17-20(18-26(28)32)22-8-4-7-11-27(22)33-2/h4-15,20,29-31H,3,16-18H2,1-2H3. The van der Waals surface area contributed by atoms with Crippen molar-refractivity contribution in [2.45, 2.75) is 38.1 Å². The topological polar surface area (TPSA) is 59.6 Å². The number of carbonyl (C=O) groups is 1. The second-order valence-electron chi connectivity index (χ2n) is 8.83. The van der Waals surface area contributed by atoms with E-state index in [0.717, 1.165) is 58.1 Å². The Morgan fingerprint density at radius 2 is 1.65 bits per heavy atom. The number of methoxy groups -OCH3 is 1. The Bertz CT molecular complexity index is 1220. The van der Waals surface area contributed by atoms with Gasteiger partial charge in [0.1, 0.15) is 11.5 Å². The molecule has 0 amide bonds. The van der Waals surface area contributed by atoms with Crippen LogP contribution in [0, 0.1) is 0 Å². The molecule has 2 aliphatic rings. The lowest BCUT2D eigenvalue weighted by atomic mass is 9.78. The van der Waals surface area contributed by atoms with Crippen LogP contribution in [0.2, 0.25) is 0 Å². The van der Waals surface area contributed by atoms with E-state index in [4.69, 9.17) is 9.47 Å². The van der Waals surface area contributed by atoms with E-state index >= 15 is 0 Å². The highest BCUT2D eigenvalue weighted by molar-refractivity contribution is 6.01. The smallest absolute Gasteiger partial charge is 0.163 e. The van der Waals surface area contributed by atoms with Gasteiger partial charge in [-0.1, -0.05) is 49.4 Å². The summed E-state index contributed by atoms with van der Waals surface area (Å²) in [4.78, 5) is 13.7. The highest BCUT2D eigenvalue weighted by Crippen LogP contribution is 2.45. The van der Waals surface area contributed by atoms with E-state index in [1.54, 1.807) is 7.11 Å². The van der Waals surface area contributed by atoms with Gasteiger partial charge in [0, 0.05) is 23.6 Å². The molecule has 2 N–H and O–H groups in total. The number of Topliss-reactive ketones (excluding diaryl/α,β-unsaturated/α-hetero) is 1. The number of allylic oxidation sites excluding steroid dienone is 1. The Morgan fingerprint density at radius 1 is 0.912 bits per heavy atom. The number of rotatable bonds is 6. The van der Waals surface area contributed by atoms with Gasteiger partial charge in [-0.15, -0.1) is 0 Å². The first kappa shape index (κ1) is 22.1. The number of ether oxygens (including phenoxy) is 2. The van der Waals surface area contributed by atoms with E-state index in [-0.39, 0.29) is 17.7 Å². The number of ketones is 1. The van der Waals surface area contributed by atoms with Crippen molar-refractivity contribution in [3.8, 4) is 11.5 Å². The molecule has 5 rings (SSSR count). The van der Waals surface area contributed by atoms with Crippen LogP contribution in [0.5, 0.6) is 11.5 Å². The molecule has 1 heterocycles. The summed E-state index contributed by atoms with van der Waals surface area (Å²) in [5.41, 5.74) is 5.86. The highest BCUT2D eigenvalue weighted by atomic mass is 16.5. The monoisotopic (exact) mass is 454 g/mol. The van der Waals surface area contributed by atoms with Gasteiger partial charge in [-0.2, -0.15) is 0 Å². The molecule has 0 spiro atoms. The predicted molar refractivity (Wildman–Crippen MR) is 136 cm³/mol. The first-order chi connectivity index (χ1) is 16.7. The fraction of sp³-hybridized carbons (Fsp3) is 0.276. The third-order valence-corrected chi connectivity index (χ3v) is 6.57. The number of fused-ring (bicyclic) bond motifs is 1. The third-order valence-electron chi connectivity index (χ3n) is 6.57. The lowest BCUT2D eigenvalue weighted by Crippen LogP contribution is -2.27. The van der Waals surface area contributed by atoms with Gasteiger partial charge in [0.05, 0.1) is 31.1 Å². The van der Waals surface area contributed by atoms with E-state index in [2.05, 4.69) is 41.8 Å². The molecule has 2 atom stereocenters. The Kier molecular flexibility index (Phi) is 6.26. The maximum atomic E-state index is 13.7. The van der Waals surface area contributed by atoms with Gasteiger partial charge >= 0.3 is 0 Å². The summed E-state index contributed by atoms with van der Waals surface area (Å²) in [6.07, 6.45) is 2.16. The van der Waals surface area contributed by atoms with Crippen LogP contribution < -0.4 is 20.1 Å². The fourth-order valence-electron chi connectivity index (χ4n) is 4.94. The minimum Gasteiger partial charge on any atom is -0.496 e. The van der Waals surface area contributed by atoms with Gasteiger partial charge in [0.25, 0.3) is 0 Å². The normalized spacial score (nSPS) is 19.3. The van der Waals surface area contributed by atoms with Crippen molar-refractivity contribution in [3.63, 3.8) is 0 Å². The Labute approximate surface area is 200 Å². The van der Waals surface area contributed by atoms with Crippen LogP contribution >= 0.6 is 0 Å².